The van der Waals surface area contributed by atoms with Gasteiger partial charge in [-0.15, -0.1) is 0 Å². The van der Waals surface area contributed by atoms with Crippen LogP contribution in [0.3, 0.4) is 0 Å². The lowest BCUT2D eigenvalue weighted by Gasteiger charge is -2.05. The third-order valence-corrected chi connectivity index (χ3v) is 3.38. The first-order valence-electron chi connectivity index (χ1n) is 6.90. The zero-order valence-corrected chi connectivity index (χ0v) is 12.9. The highest BCUT2D eigenvalue weighted by Gasteiger charge is 2.09. The van der Waals surface area contributed by atoms with Crippen molar-refractivity contribution in [1.29, 1.82) is 5.26 Å². The van der Waals surface area contributed by atoms with Crippen LogP contribution in [0, 0.1) is 11.3 Å². The molecule has 0 fully saturated rings. The maximum atomic E-state index is 12.2. The molecule has 3 nitrogen and oxygen atoms in total. The van der Waals surface area contributed by atoms with Gasteiger partial charge in [-0.1, -0.05) is 42.8 Å². The number of carbonyl (C=O) groups excluding carboxylic acids is 1. The lowest BCUT2D eigenvalue weighted by atomic mass is 10.1. The third kappa shape index (κ3) is 4.21. The van der Waals surface area contributed by atoms with Crippen molar-refractivity contribution in [1.82, 2.24) is 0 Å². The van der Waals surface area contributed by atoms with Gasteiger partial charge in [0.05, 0.1) is 0 Å². The first-order chi connectivity index (χ1) is 10.6. The van der Waals surface area contributed by atoms with Crippen LogP contribution in [0.4, 0.5) is 5.69 Å². The number of halogens is 1. The number of nitrogens with zero attached hydrogens (tertiary/aromatic N) is 1. The summed E-state index contributed by atoms with van der Waals surface area (Å²) in [6.45, 7) is 2.06. The topological polar surface area (TPSA) is 52.9 Å². The number of carbonyl (C=O) groups is 1. The molecule has 0 heterocycles. The van der Waals surface area contributed by atoms with Gasteiger partial charge < -0.3 is 5.32 Å². The highest BCUT2D eigenvalue weighted by Crippen LogP contribution is 2.15. The van der Waals surface area contributed by atoms with E-state index in [9.17, 15) is 10.1 Å². The van der Waals surface area contributed by atoms with Crippen molar-refractivity contribution in [3.8, 4) is 6.07 Å². The van der Waals surface area contributed by atoms with Crippen molar-refractivity contribution in [3.63, 3.8) is 0 Å². The fourth-order valence-electron chi connectivity index (χ4n) is 1.93. The molecule has 0 aromatic heterocycles. The van der Waals surface area contributed by atoms with Gasteiger partial charge in [-0.25, -0.2) is 0 Å². The summed E-state index contributed by atoms with van der Waals surface area (Å²) in [5.74, 6) is -0.438. The Morgan fingerprint density at radius 2 is 2.00 bits per heavy atom. The van der Waals surface area contributed by atoms with E-state index in [0.717, 1.165) is 6.42 Å². The molecule has 0 saturated carbocycles. The number of hydrogen-bond donors (Lipinski definition) is 1. The molecular formula is C18H15ClN2O. The zero-order valence-electron chi connectivity index (χ0n) is 12.1. The minimum Gasteiger partial charge on any atom is -0.321 e. The van der Waals surface area contributed by atoms with Gasteiger partial charge in [0, 0.05) is 10.7 Å². The van der Waals surface area contributed by atoms with Gasteiger partial charge in [-0.3, -0.25) is 4.79 Å². The molecule has 2 rings (SSSR count). The van der Waals surface area contributed by atoms with Crippen molar-refractivity contribution in [2.45, 2.75) is 13.3 Å². The van der Waals surface area contributed by atoms with Crippen LogP contribution in [0.2, 0.25) is 5.02 Å². The predicted molar refractivity (Wildman–Crippen MR) is 89.5 cm³/mol. The van der Waals surface area contributed by atoms with Crippen LogP contribution < -0.4 is 5.32 Å². The van der Waals surface area contributed by atoms with E-state index >= 15 is 0 Å². The van der Waals surface area contributed by atoms with Gasteiger partial charge in [0.2, 0.25) is 0 Å². The average molecular weight is 311 g/mol. The molecule has 0 atom stereocenters. The molecule has 2 aromatic rings. The second-order valence-corrected chi connectivity index (χ2v) is 5.17. The molecule has 0 aliphatic carbocycles. The Morgan fingerprint density at radius 1 is 1.27 bits per heavy atom. The number of amides is 1. The molecule has 0 bridgehead atoms. The number of nitriles is 1. The summed E-state index contributed by atoms with van der Waals surface area (Å²) < 4.78 is 0. The molecule has 1 amide bonds. The fraction of sp³-hybridized carbons (Fsp3) is 0.111. The third-order valence-electron chi connectivity index (χ3n) is 3.14. The van der Waals surface area contributed by atoms with Crippen molar-refractivity contribution >= 4 is 29.3 Å². The van der Waals surface area contributed by atoms with Gasteiger partial charge in [-0.2, -0.15) is 5.26 Å². The summed E-state index contributed by atoms with van der Waals surface area (Å²) in [6.07, 6.45) is 2.45. The lowest BCUT2D eigenvalue weighted by Crippen LogP contribution is -2.13. The molecule has 0 radical (unpaired) electrons. The number of rotatable bonds is 4. The number of anilines is 1. The van der Waals surface area contributed by atoms with Crippen molar-refractivity contribution in [2.24, 2.45) is 0 Å². The number of nitrogens with one attached hydrogen (secondary N) is 1. The van der Waals surface area contributed by atoms with Crippen LogP contribution >= 0.6 is 11.6 Å². The Morgan fingerprint density at radius 3 is 2.59 bits per heavy atom. The van der Waals surface area contributed by atoms with E-state index in [1.807, 2.05) is 30.3 Å². The van der Waals surface area contributed by atoms with Crippen LogP contribution in [0.15, 0.2) is 54.1 Å². The fourth-order valence-corrected chi connectivity index (χ4v) is 2.13. The molecule has 0 spiro atoms. The van der Waals surface area contributed by atoms with E-state index < -0.39 is 5.91 Å². The van der Waals surface area contributed by atoms with E-state index in [1.165, 1.54) is 11.6 Å². The van der Waals surface area contributed by atoms with Gasteiger partial charge >= 0.3 is 0 Å². The summed E-state index contributed by atoms with van der Waals surface area (Å²) in [5, 5.41) is 12.4. The Labute approximate surface area is 134 Å². The molecule has 2 aromatic carbocycles. The van der Waals surface area contributed by atoms with Crippen molar-refractivity contribution < 1.29 is 4.79 Å². The highest BCUT2D eigenvalue weighted by atomic mass is 35.5. The van der Waals surface area contributed by atoms with Gasteiger partial charge in [0.15, 0.2) is 0 Å². The van der Waals surface area contributed by atoms with E-state index in [4.69, 9.17) is 11.6 Å². The van der Waals surface area contributed by atoms with Crippen LogP contribution in [0.1, 0.15) is 18.1 Å². The maximum Gasteiger partial charge on any atom is 0.266 e. The normalized spacial score (nSPS) is 10.9. The Hall–Kier alpha value is -2.57. The quantitative estimate of drug-likeness (QED) is 0.670. The molecule has 0 saturated heterocycles. The number of hydrogen-bond acceptors (Lipinski definition) is 2. The van der Waals surface area contributed by atoms with E-state index in [-0.39, 0.29) is 5.57 Å². The van der Waals surface area contributed by atoms with Gasteiger partial charge in [-0.05, 0) is 47.9 Å². The second-order valence-electron chi connectivity index (χ2n) is 4.73. The van der Waals surface area contributed by atoms with Crippen LogP contribution in [0.5, 0.6) is 0 Å². The molecular weight excluding hydrogens is 296 g/mol. The van der Waals surface area contributed by atoms with Crippen LogP contribution in [0.25, 0.3) is 6.08 Å². The second kappa shape index (κ2) is 7.44. The predicted octanol–water partition coefficient (Wildman–Crippen LogP) is 4.45. The average Bonchev–Trinajstić information content (AvgIpc) is 2.53. The molecule has 110 valence electrons. The monoisotopic (exact) mass is 310 g/mol. The molecule has 4 heteroatoms. The minimum atomic E-state index is -0.438. The maximum absolute atomic E-state index is 12.2. The van der Waals surface area contributed by atoms with Gasteiger partial charge in [0.25, 0.3) is 5.91 Å². The summed E-state index contributed by atoms with van der Waals surface area (Å²) in [4.78, 5) is 12.2. The summed E-state index contributed by atoms with van der Waals surface area (Å²) in [6, 6.07) is 16.4. The van der Waals surface area contributed by atoms with Crippen LogP contribution in [-0.4, -0.2) is 5.91 Å². The van der Waals surface area contributed by atoms with Crippen molar-refractivity contribution in [3.05, 3.63) is 70.3 Å². The highest BCUT2D eigenvalue weighted by molar-refractivity contribution is 6.30. The van der Waals surface area contributed by atoms with Gasteiger partial charge in [0.1, 0.15) is 11.6 Å². The Kier molecular flexibility index (Phi) is 5.35. The first kappa shape index (κ1) is 15.8. The van der Waals surface area contributed by atoms with Crippen molar-refractivity contribution in [2.75, 3.05) is 5.32 Å². The molecule has 1 N–H and O–H groups in total. The molecule has 0 unspecified atom stereocenters. The standard InChI is InChI=1S/C18H15ClN2O/c1-2-13-6-8-17(9-7-13)21-18(22)15(12-20)10-14-4-3-5-16(19)11-14/h3-11H,2H2,1H3,(H,21,22)/b15-10+. The zero-order chi connectivity index (χ0) is 15.9. The summed E-state index contributed by atoms with van der Waals surface area (Å²) in [7, 11) is 0. The Balaban J connectivity index is 2.16. The molecule has 22 heavy (non-hydrogen) atoms. The Bertz CT molecular complexity index is 742. The smallest absolute Gasteiger partial charge is 0.266 e. The largest absolute Gasteiger partial charge is 0.321 e. The summed E-state index contributed by atoms with van der Waals surface area (Å²) in [5.41, 5.74) is 2.59. The molecule has 0 aliphatic rings. The van der Waals surface area contributed by atoms with Crippen LogP contribution in [-0.2, 0) is 11.2 Å². The summed E-state index contributed by atoms with van der Waals surface area (Å²) >= 11 is 5.90. The van der Waals surface area contributed by atoms with E-state index in [1.54, 1.807) is 24.3 Å². The number of benzene rings is 2. The molecule has 0 aliphatic heterocycles. The lowest BCUT2D eigenvalue weighted by molar-refractivity contribution is -0.112. The van der Waals surface area contributed by atoms with E-state index in [0.29, 0.717) is 16.3 Å². The first-order valence-corrected chi connectivity index (χ1v) is 7.28. The SMILES string of the molecule is CCc1ccc(NC(=O)/C(C#N)=C/c2cccc(Cl)c2)cc1. The number of aryl methyl sites for hydroxylation is 1. The van der Waals surface area contributed by atoms with E-state index in [2.05, 4.69) is 12.2 Å². The minimum absolute atomic E-state index is 0.0295.